The highest BCUT2D eigenvalue weighted by atomic mass is 32.1. The summed E-state index contributed by atoms with van der Waals surface area (Å²) < 4.78 is 0.985. The average Bonchev–Trinajstić information content (AvgIpc) is 2.59. The maximum absolute atomic E-state index is 9.38. The molecule has 0 unspecified atom stereocenters. The van der Waals surface area contributed by atoms with Gasteiger partial charge in [0.15, 0.2) is 0 Å². The number of rotatable bonds is 1. The van der Waals surface area contributed by atoms with Crippen molar-refractivity contribution >= 4 is 21.4 Å². The van der Waals surface area contributed by atoms with Crippen LogP contribution in [0.5, 0.6) is 5.75 Å². The quantitative estimate of drug-likeness (QED) is 0.774. The van der Waals surface area contributed by atoms with Crippen molar-refractivity contribution in [3.8, 4) is 11.8 Å². The largest absolute Gasteiger partial charge is 0.508 e. The van der Waals surface area contributed by atoms with E-state index < -0.39 is 0 Å². The molecule has 0 spiro atoms. The second kappa shape index (κ2) is 3.32. The monoisotopic (exact) mass is 203 g/mol. The molecule has 0 fully saturated rings. The number of hydrogen-bond acceptors (Lipinski definition) is 3. The van der Waals surface area contributed by atoms with Crippen LogP contribution in [-0.2, 0) is 6.42 Å². The van der Waals surface area contributed by atoms with Crippen molar-refractivity contribution in [1.29, 1.82) is 5.26 Å². The van der Waals surface area contributed by atoms with Gasteiger partial charge in [0.2, 0.25) is 0 Å². The van der Waals surface area contributed by atoms with E-state index in [0.29, 0.717) is 5.56 Å². The number of thiophene rings is 1. The number of aryl methyl sites for hydroxylation is 1. The predicted octanol–water partition coefficient (Wildman–Crippen LogP) is 3.04. The minimum Gasteiger partial charge on any atom is -0.508 e. The molecular weight excluding hydrogens is 194 g/mol. The zero-order valence-electron chi connectivity index (χ0n) is 7.74. The van der Waals surface area contributed by atoms with E-state index in [2.05, 4.69) is 13.0 Å². The van der Waals surface area contributed by atoms with E-state index in [4.69, 9.17) is 5.26 Å². The number of benzene rings is 1. The number of nitrogens with zero attached hydrogens (tertiary/aromatic N) is 1. The van der Waals surface area contributed by atoms with Crippen LogP contribution < -0.4 is 0 Å². The molecule has 3 heteroatoms. The number of nitriles is 1. The van der Waals surface area contributed by atoms with E-state index in [-0.39, 0.29) is 5.75 Å². The molecule has 0 bridgehead atoms. The Labute approximate surface area is 86.0 Å². The molecule has 0 saturated carbocycles. The van der Waals surface area contributed by atoms with Gasteiger partial charge in [-0.25, -0.2) is 0 Å². The first-order chi connectivity index (χ1) is 6.76. The molecule has 2 aromatic rings. The molecular formula is C11H9NOS. The molecule has 1 aromatic carbocycles. The van der Waals surface area contributed by atoms with Crippen LogP contribution in [0.15, 0.2) is 17.5 Å². The summed E-state index contributed by atoms with van der Waals surface area (Å²) in [7, 11) is 0. The fourth-order valence-corrected chi connectivity index (χ4v) is 2.67. The average molecular weight is 203 g/mol. The maximum Gasteiger partial charge on any atom is 0.118 e. The summed E-state index contributed by atoms with van der Waals surface area (Å²) >= 11 is 1.57. The van der Waals surface area contributed by atoms with E-state index >= 15 is 0 Å². The highest BCUT2D eigenvalue weighted by molar-refractivity contribution is 7.17. The van der Waals surface area contributed by atoms with E-state index in [1.807, 2.05) is 5.38 Å². The lowest BCUT2D eigenvalue weighted by atomic mass is 10.1. The van der Waals surface area contributed by atoms with Crippen LogP contribution in [0.4, 0.5) is 0 Å². The molecule has 2 nitrogen and oxygen atoms in total. The highest BCUT2D eigenvalue weighted by Gasteiger charge is 2.08. The predicted molar refractivity (Wildman–Crippen MR) is 57.6 cm³/mol. The van der Waals surface area contributed by atoms with Crippen LogP contribution in [0.2, 0.25) is 0 Å². The van der Waals surface area contributed by atoms with Gasteiger partial charge in [-0.2, -0.15) is 5.26 Å². The molecule has 0 radical (unpaired) electrons. The van der Waals surface area contributed by atoms with Crippen molar-refractivity contribution in [1.82, 2.24) is 0 Å². The Morgan fingerprint density at radius 2 is 2.29 bits per heavy atom. The van der Waals surface area contributed by atoms with E-state index in [1.165, 1.54) is 11.6 Å². The summed E-state index contributed by atoms with van der Waals surface area (Å²) in [4.78, 5) is 0. The summed E-state index contributed by atoms with van der Waals surface area (Å²) in [6.45, 7) is 2.06. The van der Waals surface area contributed by atoms with Gasteiger partial charge in [-0.3, -0.25) is 0 Å². The molecule has 1 N–H and O–H groups in total. The number of phenolic OH excluding ortho intramolecular Hbond substituents is 1. The minimum absolute atomic E-state index is 0.165. The Morgan fingerprint density at radius 1 is 1.50 bits per heavy atom. The third-order valence-corrected chi connectivity index (χ3v) is 3.22. The molecule has 1 heterocycles. The molecule has 1 aromatic heterocycles. The fourth-order valence-electron chi connectivity index (χ4n) is 1.57. The molecule has 0 amide bonds. The van der Waals surface area contributed by atoms with E-state index in [9.17, 15) is 5.11 Å². The van der Waals surface area contributed by atoms with Crippen LogP contribution in [0, 0.1) is 11.3 Å². The Hall–Kier alpha value is -1.53. The Balaban J connectivity index is 2.87. The second-order valence-corrected chi connectivity index (χ2v) is 4.00. The molecule has 0 saturated heterocycles. The first-order valence-electron chi connectivity index (χ1n) is 4.39. The van der Waals surface area contributed by atoms with Crippen LogP contribution >= 0.6 is 11.3 Å². The summed E-state index contributed by atoms with van der Waals surface area (Å²) in [5.41, 5.74) is 1.75. The van der Waals surface area contributed by atoms with E-state index in [0.717, 1.165) is 16.5 Å². The van der Waals surface area contributed by atoms with Gasteiger partial charge in [0.25, 0.3) is 0 Å². The van der Waals surface area contributed by atoms with Crippen LogP contribution in [-0.4, -0.2) is 5.11 Å². The standard InChI is InChI=1S/C11H9NOS/c1-2-7-6-14-10-4-9(13)3-8(5-12)11(7)10/h3-4,6,13H,2H2,1H3. The zero-order chi connectivity index (χ0) is 10.1. The van der Waals surface area contributed by atoms with E-state index in [1.54, 1.807) is 17.4 Å². The van der Waals surface area contributed by atoms with Crippen molar-refractivity contribution in [3.63, 3.8) is 0 Å². The van der Waals surface area contributed by atoms with Gasteiger partial charge in [0.05, 0.1) is 11.6 Å². The maximum atomic E-state index is 9.38. The Morgan fingerprint density at radius 3 is 2.93 bits per heavy atom. The molecule has 0 aliphatic rings. The topological polar surface area (TPSA) is 44.0 Å². The third-order valence-electron chi connectivity index (χ3n) is 2.24. The molecule has 0 aliphatic carbocycles. The van der Waals surface area contributed by atoms with Gasteiger partial charge in [0.1, 0.15) is 5.75 Å². The normalized spacial score (nSPS) is 10.3. The van der Waals surface area contributed by atoms with Crippen molar-refractivity contribution in [2.45, 2.75) is 13.3 Å². The summed E-state index contributed by atoms with van der Waals surface area (Å²) in [6.07, 6.45) is 0.916. The first kappa shape index (κ1) is 9.04. The van der Waals surface area contributed by atoms with Crippen molar-refractivity contribution in [2.24, 2.45) is 0 Å². The Bertz CT molecular complexity index is 522. The summed E-state index contributed by atoms with van der Waals surface area (Å²) in [5, 5.41) is 21.4. The summed E-state index contributed by atoms with van der Waals surface area (Å²) in [5.74, 6) is 0.165. The van der Waals surface area contributed by atoms with Crippen molar-refractivity contribution in [3.05, 3.63) is 28.6 Å². The molecule has 14 heavy (non-hydrogen) atoms. The second-order valence-electron chi connectivity index (χ2n) is 3.09. The third kappa shape index (κ3) is 1.24. The lowest BCUT2D eigenvalue weighted by molar-refractivity contribution is 0.476. The van der Waals surface area contributed by atoms with Gasteiger partial charge in [-0.15, -0.1) is 11.3 Å². The molecule has 0 aliphatic heterocycles. The number of fused-ring (bicyclic) bond motifs is 1. The van der Waals surface area contributed by atoms with Gasteiger partial charge in [-0.05, 0) is 29.5 Å². The Kier molecular flexibility index (Phi) is 2.14. The van der Waals surface area contributed by atoms with Gasteiger partial charge in [0, 0.05) is 10.1 Å². The SMILES string of the molecule is CCc1csc2cc(O)cc(C#N)c12. The zero-order valence-corrected chi connectivity index (χ0v) is 8.56. The lowest BCUT2D eigenvalue weighted by Crippen LogP contribution is -1.81. The van der Waals surface area contributed by atoms with Crippen LogP contribution in [0.1, 0.15) is 18.1 Å². The highest BCUT2D eigenvalue weighted by Crippen LogP contribution is 2.32. The van der Waals surface area contributed by atoms with Crippen LogP contribution in [0.3, 0.4) is 0 Å². The van der Waals surface area contributed by atoms with Crippen molar-refractivity contribution in [2.75, 3.05) is 0 Å². The first-order valence-corrected chi connectivity index (χ1v) is 5.27. The molecule has 0 atom stereocenters. The molecule has 2 rings (SSSR count). The summed E-state index contributed by atoms with van der Waals surface area (Å²) in [6, 6.07) is 5.35. The fraction of sp³-hybridized carbons (Fsp3) is 0.182. The number of aromatic hydroxyl groups is 1. The smallest absolute Gasteiger partial charge is 0.118 e. The molecule has 70 valence electrons. The van der Waals surface area contributed by atoms with Crippen LogP contribution in [0.25, 0.3) is 10.1 Å². The van der Waals surface area contributed by atoms with Gasteiger partial charge in [-0.1, -0.05) is 6.92 Å². The lowest BCUT2D eigenvalue weighted by Gasteiger charge is -1.98. The van der Waals surface area contributed by atoms with Gasteiger partial charge < -0.3 is 5.11 Å². The number of phenols is 1. The van der Waals surface area contributed by atoms with Gasteiger partial charge >= 0.3 is 0 Å². The minimum atomic E-state index is 0.165. The van der Waals surface area contributed by atoms with Crippen molar-refractivity contribution < 1.29 is 5.11 Å². The number of hydrogen-bond donors (Lipinski definition) is 1.